The quantitative estimate of drug-likeness (QED) is 0.0939. The second-order valence-corrected chi connectivity index (χ2v) is 11.3. The molecule has 3 aromatic carbocycles. The number of hydrogen-bond acceptors (Lipinski definition) is 7. The van der Waals surface area contributed by atoms with E-state index in [2.05, 4.69) is 43.0 Å². The van der Waals surface area contributed by atoms with Crippen molar-refractivity contribution in [3.63, 3.8) is 0 Å². The van der Waals surface area contributed by atoms with Gasteiger partial charge in [0.25, 0.3) is 0 Å². The summed E-state index contributed by atoms with van der Waals surface area (Å²) in [6.45, 7) is 4.06. The van der Waals surface area contributed by atoms with Gasteiger partial charge in [-0.2, -0.15) is 0 Å². The van der Waals surface area contributed by atoms with Gasteiger partial charge in [-0.15, -0.1) is 11.8 Å². The van der Waals surface area contributed by atoms with Crippen molar-refractivity contribution in [2.24, 2.45) is 5.92 Å². The number of likely N-dealkylation sites (tertiary alicyclic amines) is 1. The first kappa shape index (κ1) is 29.9. The van der Waals surface area contributed by atoms with E-state index < -0.39 is 34.7 Å². The van der Waals surface area contributed by atoms with Gasteiger partial charge in [-0.1, -0.05) is 104 Å². The van der Waals surface area contributed by atoms with Crippen molar-refractivity contribution in [2.45, 2.75) is 28.9 Å². The summed E-state index contributed by atoms with van der Waals surface area (Å²) in [5.41, 5.74) is 3.32. The highest BCUT2D eigenvalue weighted by Crippen LogP contribution is 2.52. The molecule has 1 saturated heterocycles. The highest BCUT2D eigenvalue weighted by Gasteiger charge is 2.46. The molecule has 1 fully saturated rings. The first-order valence-corrected chi connectivity index (χ1v) is 14.4. The maximum Gasteiger partial charge on any atom is 0.410 e. The van der Waals surface area contributed by atoms with Crippen molar-refractivity contribution in [2.75, 3.05) is 27.4 Å². The van der Waals surface area contributed by atoms with Crippen molar-refractivity contribution in [1.29, 1.82) is 0 Å². The number of carbonyl (C=O) groups is 3. The number of nitrogens with zero attached hydrogens (tertiary/aromatic N) is 1. The Balaban J connectivity index is 1.76. The third kappa shape index (κ3) is 6.65. The van der Waals surface area contributed by atoms with Crippen molar-refractivity contribution in [3.05, 3.63) is 120 Å². The molecule has 1 aliphatic rings. The Labute approximate surface area is 245 Å². The second kappa shape index (κ2) is 14.0. The minimum absolute atomic E-state index is 0.0548. The number of methoxy groups -OCH3 is 2. The number of carbonyl (C=O) groups excluding carboxylic acids is 3. The molecule has 1 amide bonds. The van der Waals surface area contributed by atoms with Gasteiger partial charge in [0.15, 0.2) is 5.92 Å². The lowest BCUT2D eigenvalue weighted by molar-refractivity contribution is -0.159. The van der Waals surface area contributed by atoms with Crippen molar-refractivity contribution < 1.29 is 28.6 Å². The highest BCUT2D eigenvalue weighted by molar-refractivity contribution is 8.01. The van der Waals surface area contributed by atoms with Gasteiger partial charge in [0.1, 0.15) is 6.61 Å². The van der Waals surface area contributed by atoms with E-state index in [0.29, 0.717) is 13.0 Å². The summed E-state index contributed by atoms with van der Waals surface area (Å²) in [5, 5.41) is -0.0622. The van der Waals surface area contributed by atoms with Crippen LogP contribution in [0.4, 0.5) is 4.79 Å². The van der Waals surface area contributed by atoms with Crippen LogP contribution in [0, 0.1) is 5.92 Å². The average Bonchev–Trinajstić information content (AvgIpc) is 3.44. The molecule has 7 nitrogen and oxygen atoms in total. The first-order valence-electron chi connectivity index (χ1n) is 13.5. The lowest BCUT2D eigenvalue weighted by Gasteiger charge is -2.37. The van der Waals surface area contributed by atoms with Crippen LogP contribution in [0.5, 0.6) is 0 Å². The van der Waals surface area contributed by atoms with Gasteiger partial charge >= 0.3 is 18.0 Å². The molecule has 0 bridgehead atoms. The summed E-state index contributed by atoms with van der Waals surface area (Å²) >= 11 is 1.76. The molecule has 1 aliphatic heterocycles. The Morgan fingerprint density at radius 2 is 1.34 bits per heavy atom. The Bertz CT molecular complexity index is 1200. The monoisotopic (exact) mass is 573 g/mol. The topological polar surface area (TPSA) is 82.1 Å². The number of amides is 1. The number of ether oxygens (including phenoxy) is 3. The molecule has 0 aromatic heterocycles. The van der Waals surface area contributed by atoms with E-state index in [1.807, 2.05) is 54.6 Å². The summed E-state index contributed by atoms with van der Waals surface area (Å²) in [7, 11) is 2.46. The SMILES string of the molecule is C=CCOC(=O)N1C[C@@H](SC(c2ccccc2)(c2ccccc2)c2ccccc2)C[C@@H]1CC(C(=O)OC)C(=O)OC. The van der Waals surface area contributed by atoms with Crippen LogP contribution in [-0.2, 0) is 28.5 Å². The van der Waals surface area contributed by atoms with Gasteiger partial charge in [-0.25, -0.2) is 4.79 Å². The summed E-state index contributed by atoms with van der Waals surface area (Å²) in [5.74, 6) is -2.55. The highest BCUT2D eigenvalue weighted by atomic mass is 32.2. The number of thioether (sulfide) groups is 1. The minimum atomic E-state index is -1.16. The molecule has 0 saturated carbocycles. The van der Waals surface area contributed by atoms with Crippen LogP contribution in [0.2, 0.25) is 0 Å². The van der Waals surface area contributed by atoms with Crippen LogP contribution in [0.15, 0.2) is 104 Å². The molecule has 4 rings (SSSR count). The van der Waals surface area contributed by atoms with E-state index in [0.717, 1.165) is 16.7 Å². The normalized spacial score (nSPS) is 16.7. The van der Waals surface area contributed by atoms with E-state index >= 15 is 0 Å². The predicted molar refractivity (Wildman–Crippen MR) is 159 cm³/mol. The van der Waals surface area contributed by atoms with Crippen LogP contribution in [-0.4, -0.2) is 61.6 Å². The Hall–Kier alpha value is -4.04. The third-order valence-electron chi connectivity index (χ3n) is 7.30. The lowest BCUT2D eigenvalue weighted by atomic mass is 9.84. The average molecular weight is 574 g/mol. The molecule has 1 heterocycles. The fraction of sp³-hybridized carbons (Fsp3) is 0.303. The van der Waals surface area contributed by atoms with Gasteiger partial charge < -0.3 is 19.1 Å². The van der Waals surface area contributed by atoms with Gasteiger partial charge in [0.2, 0.25) is 0 Å². The molecular weight excluding hydrogens is 538 g/mol. The van der Waals surface area contributed by atoms with Crippen LogP contribution in [0.3, 0.4) is 0 Å². The fourth-order valence-electron chi connectivity index (χ4n) is 5.44. The van der Waals surface area contributed by atoms with Crippen molar-refractivity contribution in [3.8, 4) is 0 Å². The Kier molecular flexibility index (Phi) is 10.2. The zero-order chi connectivity index (χ0) is 29.2. The zero-order valence-electron chi connectivity index (χ0n) is 23.3. The van der Waals surface area contributed by atoms with Gasteiger partial charge in [0.05, 0.1) is 19.0 Å². The second-order valence-electron chi connectivity index (χ2n) is 9.76. The van der Waals surface area contributed by atoms with E-state index in [4.69, 9.17) is 14.2 Å². The van der Waals surface area contributed by atoms with E-state index in [-0.39, 0.29) is 18.3 Å². The molecule has 0 aliphatic carbocycles. The fourth-order valence-corrected chi connectivity index (χ4v) is 7.31. The van der Waals surface area contributed by atoms with Crippen molar-refractivity contribution in [1.82, 2.24) is 4.90 Å². The van der Waals surface area contributed by atoms with Gasteiger partial charge in [0, 0.05) is 17.8 Å². The summed E-state index contributed by atoms with van der Waals surface area (Å²) in [6.07, 6.45) is 1.59. The molecule has 0 unspecified atom stereocenters. The van der Waals surface area contributed by atoms with E-state index in [1.165, 1.54) is 20.3 Å². The molecule has 41 heavy (non-hydrogen) atoms. The number of rotatable bonds is 11. The number of esters is 2. The van der Waals surface area contributed by atoms with Crippen LogP contribution in [0.1, 0.15) is 29.5 Å². The summed E-state index contributed by atoms with van der Waals surface area (Å²) < 4.78 is 14.6. The molecule has 0 N–H and O–H groups in total. The van der Waals surface area contributed by atoms with Crippen LogP contribution in [0.25, 0.3) is 0 Å². The summed E-state index contributed by atoms with van der Waals surface area (Å²) in [4.78, 5) is 39.9. The zero-order valence-corrected chi connectivity index (χ0v) is 24.1. The molecule has 3 aromatic rings. The Morgan fingerprint density at radius 1 is 0.878 bits per heavy atom. The molecule has 0 radical (unpaired) electrons. The smallest absolute Gasteiger partial charge is 0.410 e. The van der Waals surface area contributed by atoms with Gasteiger partial charge in [-0.05, 0) is 29.5 Å². The standard InChI is InChI=1S/C33H35NO6S/c1-4-20-40-32(37)34-23-28(21-27(34)22-29(30(35)38-2)31(36)39-3)41-33(24-14-8-5-9-15-24,25-16-10-6-11-17-25)26-18-12-7-13-19-26/h4-19,27-29H,1,20-23H2,2-3H3/t27-,28+/m1/s1. The maximum absolute atomic E-state index is 13.2. The third-order valence-corrected chi connectivity index (χ3v) is 9.03. The molecule has 214 valence electrons. The van der Waals surface area contributed by atoms with E-state index in [9.17, 15) is 14.4 Å². The van der Waals surface area contributed by atoms with Gasteiger partial charge in [-0.3, -0.25) is 9.59 Å². The minimum Gasteiger partial charge on any atom is -0.468 e. The first-order chi connectivity index (χ1) is 19.9. The largest absolute Gasteiger partial charge is 0.468 e. The number of hydrogen-bond donors (Lipinski definition) is 0. The lowest BCUT2D eigenvalue weighted by Crippen LogP contribution is -2.40. The predicted octanol–water partition coefficient (Wildman–Crippen LogP) is 5.83. The molecule has 8 heteroatoms. The number of benzene rings is 3. The van der Waals surface area contributed by atoms with Crippen LogP contribution < -0.4 is 0 Å². The van der Waals surface area contributed by atoms with Crippen molar-refractivity contribution >= 4 is 29.8 Å². The Morgan fingerprint density at radius 3 is 1.76 bits per heavy atom. The maximum atomic E-state index is 13.2. The van der Waals surface area contributed by atoms with Crippen LogP contribution >= 0.6 is 11.8 Å². The molecule has 0 spiro atoms. The summed E-state index contributed by atoms with van der Waals surface area (Å²) in [6, 6.07) is 30.5. The van der Waals surface area contributed by atoms with E-state index in [1.54, 1.807) is 16.7 Å². The molecule has 2 atom stereocenters. The molecular formula is C33H35NO6S.